The lowest BCUT2D eigenvalue weighted by atomic mass is 10.0. The fourth-order valence-electron chi connectivity index (χ4n) is 4.59. The van der Waals surface area contributed by atoms with Gasteiger partial charge >= 0.3 is 5.97 Å². The summed E-state index contributed by atoms with van der Waals surface area (Å²) in [7, 11) is 3.64. The highest BCUT2D eigenvalue weighted by Gasteiger charge is 2.44. The van der Waals surface area contributed by atoms with E-state index in [9.17, 15) is 9.59 Å². The number of hydrogen-bond acceptors (Lipinski definition) is 6. The summed E-state index contributed by atoms with van der Waals surface area (Å²) in [6.45, 7) is 3.96. The number of aryl methyl sites for hydroxylation is 3. The van der Waals surface area contributed by atoms with Crippen LogP contribution in [0.25, 0.3) is 11.2 Å². The molecule has 0 radical (unpaired) electrons. The van der Waals surface area contributed by atoms with Crippen molar-refractivity contribution in [3.05, 3.63) is 69.5 Å². The van der Waals surface area contributed by atoms with Crippen molar-refractivity contribution in [2.45, 2.75) is 26.3 Å². The first-order chi connectivity index (χ1) is 16.3. The van der Waals surface area contributed by atoms with Crippen molar-refractivity contribution in [2.75, 3.05) is 11.5 Å². The minimum Gasteiger partial charge on any atom is -0.466 e. The smallest absolute Gasteiger partial charge is 0.310 e. The Morgan fingerprint density at radius 2 is 1.94 bits per heavy atom. The first-order valence-electron chi connectivity index (χ1n) is 10.9. The zero-order valence-electron chi connectivity index (χ0n) is 19.2. The molecule has 4 aromatic rings. The summed E-state index contributed by atoms with van der Waals surface area (Å²) >= 11 is 6.15. The van der Waals surface area contributed by atoms with Gasteiger partial charge in [-0.1, -0.05) is 28.9 Å². The Morgan fingerprint density at radius 1 is 1.21 bits per heavy atom. The molecule has 4 heterocycles. The van der Waals surface area contributed by atoms with E-state index in [1.165, 1.54) is 0 Å². The van der Waals surface area contributed by atoms with Gasteiger partial charge < -0.3 is 9.30 Å². The lowest BCUT2D eigenvalue weighted by molar-refractivity contribution is -0.142. The van der Waals surface area contributed by atoms with Crippen LogP contribution >= 0.6 is 11.6 Å². The number of esters is 1. The van der Waals surface area contributed by atoms with Gasteiger partial charge in [-0.05, 0) is 48.7 Å². The monoisotopic (exact) mass is 478 g/mol. The van der Waals surface area contributed by atoms with Crippen LogP contribution < -0.4 is 4.90 Å². The van der Waals surface area contributed by atoms with Gasteiger partial charge in [0.25, 0.3) is 5.91 Å². The summed E-state index contributed by atoms with van der Waals surface area (Å²) in [6, 6.07) is 8.79. The fraction of sp³-hybridized carbons (Fsp3) is 0.292. The molecular weight excluding hydrogens is 456 g/mol. The van der Waals surface area contributed by atoms with E-state index in [2.05, 4.69) is 10.3 Å². The summed E-state index contributed by atoms with van der Waals surface area (Å²) in [5.41, 5.74) is 4.92. The normalized spacial score (nSPS) is 15.3. The van der Waals surface area contributed by atoms with Crippen molar-refractivity contribution in [1.82, 2.24) is 24.5 Å². The molecule has 9 nitrogen and oxygen atoms in total. The summed E-state index contributed by atoms with van der Waals surface area (Å²) < 4.78 is 8.62. The Hall–Kier alpha value is -3.72. The van der Waals surface area contributed by atoms with E-state index in [1.54, 1.807) is 35.7 Å². The second-order valence-corrected chi connectivity index (χ2v) is 8.76. The third-order valence-corrected chi connectivity index (χ3v) is 6.32. The quantitative estimate of drug-likeness (QED) is 0.407. The summed E-state index contributed by atoms with van der Waals surface area (Å²) in [6.07, 6.45) is 1.84. The number of ether oxygens (including phenoxy) is 1. The first-order valence-corrected chi connectivity index (χ1v) is 11.3. The molecule has 0 spiro atoms. The fourth-order valence-corrected chi connectivity index (χ4v) is 4.72. The molecule has 0 saturated heterocycles. The van der Waals surface area contributed by atoms with Crippen molar-refractivity contribution in [3.63, 3.8) is 0 Å². The number of fused-ring (bicyclic) bond motifs is 2. The molecule has 1 aromatic carbocycles. The average molecular weight is 479 g/mol. The molecule has 0 aliphatic carbocycles. The van der Waals surface area contributed by atoms with Crippen molar-refractivity contribution in [1.29, 1.82) is 0 Å². The molecule has 1 atom stereocenters. The number of hydrogen-bond donors (Lipinski definition) is 0. The number of benzene rings is 1. The molecule has 10 heteroatoms. The van der Waals surface area contributed by atoms with Gasteiger partial charge in [-0.3, -0.25) is 14.5 Å². The molecule has 5 rings (SSSR count). The second-order valence-electron chi connectivity index (χ2n) is 8.32. The zero-order valence-corrected chi connectivity index (χ0v) is 20.0. The third kappa shape index (κ3) is 3.43. The van der Waals surface area contributed by atoms with E-state index in [-0.39, 0.29) is 24.9 Å². The van der Waals surface area contributed by atoms with Crippen molar-refractivity contribution in [3.8, 4) is 0 Å². The molecule has 3 aromatic heterocycles. The molecule has 1 unspecified atom stereocenters. The molecule has 0 saturated carbocycles. The largest absolute Gasteiger partial charge is 0.466 e. The van der Waals surface area contributed by atoms with Gasteiger partial charge in [0.2, 0.25) is 0 Å². The number of anilines is 1. The van der Waals surface area contributed by atoms with Crippen LogP contribution in [-0.2, 0) is 30.0 Å². The van der Waals surface area contributed by atoms with Crippen molar-refractivity contribution >= 4 is 40.5 Å². The topological polar surface area (TPSA) is 95.1 Å². The molecule has 1 amide bonds. The predicted molar refractivity (Wildman–Crippen MR) is 127 cm³/mol. The van der Waals surface area contributed by atoms with Gasteiger partial charge in [0.05, 0.1) is 24.3 Å². The molecule has 1 aliphatic rings. The van der Waals surface area contributed by atoms with Crippen LogP contribution in [-0.4, -0.2) is 43.0 Å². The Morgan fingerprint density at radius 3 is 2.65 bits per heavy atom. The number of nitrogens with zero attached hydrogens (tertiary/aromatic N) is 6. The van der Waals surface area contributed by atoms with Crippen LogP contribution in [0.3, 0.4) is 0 Å². The Kier molecular flexibility index (Phi) is 5.36. The van der Waals surface area contributed by atoms with Crippen LogP contribution in [0.4, 0.5) is 5.82 Å². The molecule has 174 valence electrons. The van der Waals surface area contributed by atoms with E-state index in [0.29, 0.717) is 33.1 Å². The van der Waals surface area contributed by atoms with Crippen molar-refractivity contribution in [2.24, 2.45) is 14.1 Å². The van der Waals surface area contributed by atoms with Gasteiger partial charge in [-0.15, -0.1) is 5.10 Å². The van der Waals surface area contributed by atoms with Gasteiger partial charge in [0.15, 0.2) is 5.65 Å². The summed E-state index contributed by atoms with van der Waals surface area (Å²) in [4.78, 5) is 32.6. The first kappa shape index (κ1) is 22.1. The standard InChI is InChI=1S/C24H23ClN6O3/c1-5-34-18(32)11-15-12-29(3)22-19(15)24(33)31(21(22)14-6-8-16(25)9-7-14)17-10-13(2)20-23(26-17)30(4)28-27-20/h6-10,12,21H,5,11H2,1-4H3. The van der Waals surface area contributed by atoms with Crippen molar-refractivity contribution < 1.29 is 14.3 Å². The Bertz CT molecular complexity index is 1440. The molecule has 0 bridgehead atoms. The van der Waals surface area contributed by atoms with Crippen LogP contribution in [0.5, 0.6) is 0 Å². The minimum atomic E-state index is -0.453. The SMILES string of the molecule is CCOC(=O)Cc1cn(C)c2c1C(=O)N(c1cc(C)c3nnn(C)c3n1)C2c1ccc(Cl)cc1. The van der Waals surface area contributed by atoms with Crippen LogP contribution in [0.15, 0.2) is 36.5 Å². The van der Waals surface area contributed by atoms with E-state index in [4.69, 9.17) is 21.3 Å². The maximum atomic E-state index is 13.9. The number of halogens is 1. The molecule has 0 fully saturated rings. The number of amides is 1. The average Bonchev–Trinajstić information content (AvgIpc) is 3.42. The predicted octanol–water partition coefficient (Wildman–Crippen LogP) is 3.52. The van der Waals surface area contributed by atoms with Crippen LogP contribution in [0.2, 0.25) is 5.02 Å². The van der Waals surface area contributed by atoms with Gasteiger partial charge in [-0.25, -0.2) is 9.67 Å². The second kappa shape index (κ2) is 8.25. The Balaban J connectivity index is 1.70. The van der Waals surface area contributed by atoms with Gasteiger partial charge in [0.1, 0.15) is 17.4 Å². The Labute approximate surface area is 200 Å². The highest BCUT2D eigenvalue weighted by Crippen LogP contribution is 2.43. The van der Waals surface area contributed by atoms with E-state index in [0.717, 1.165) is 16.8 Å². The van der Waals surface area contributed by atoms with Gasteiger partial charge in [-0.2, -0.15) is 0 Å². The maximum Gasteiger partial charge on any atom is 0.310 e. The molecule has 0 N–H and O–H groups in total. The summed E-state index contributed by atoms with van der Waals surface area (Å²) in [5, 5.41) is 8.85. The zero-order chi connectivity index (χ0) is 24.1. The highest BCUT2D eigenvalue weighted by molar-refractivity contribution is 6.30. The lowest BCUT2D eigenvalue weighted by Crippen LogP contribution is -2.31. The number of carbonyl (C=O) groups is 2. The van der Waals surface area contributed by atoms with E-state index >= 15 is 0 Å². The number of rotatable bonds is 5. The molecule has 34 heavy (non-hydrogen) atoms. The highest BCUT2D eigenvalue weighted by atomic mass is 35.5. The summed E-state index contributed by atoms with van der Waals surface area (Å²) in [5.74, 6) is -0.114. The lowest BCUT2D eigenvalue weighted by Gasteiger charge is -2.26. The third-order valence-electron chi connectivity index (χ3n) is 6.07. The van der Waals surface area contributed by atoms with Crippen LogP contribution in [0, 0.1) is 6.92 Å². The van der Waals surface area contributed by atoms with Gasteiger partial charge in [0, 0.05) is 25.3 Å². The maximum absolute atomic E-state index is 13.9. The number of aromatic nitrogens is 5. The van der Waals surface area contributed by atoms with Crippen LogP contribution in [0.1, 0.15) is 45.7 Å². The number of carbonyl (C=O) groups excluding carboxylic acids is 2. The minimum absolute atomic E-state index is 0.0150. The molecular formula is C24H23ClN6O3. The molecule has 1 aliphatic heterocycles. The van der Waals surface area contributed by atoms with E-state index < -0.39 is 6.04 Å². The number of pyridine rings is 1. The van der Waals surface area contributed by atoms with E-state index in [1.807, 2.05) is 42.9 Å².